The van der Waals surface area contributed by atoms with Gasteiger partial charge in [0.25, 0.3) is 0 Å². The molecule has 0 aliphatic heterocycles. The van der Waals surface area contributed by atoms with E-state index in [1.807, 2.05) is 18.2 Å². The molecular formula is C15H21BrClNO. The fourth-order valence-electron chi connectivity index (χ4n) is 3.08. The first-order valence-corrected chi connectivity index (χ1v) is 8.09. The summed E-state index contributed by atoms with van der Waals surface area (Å²) in [6, 6.07) is 5.56. The smallest absolute Gasteiger partial charge is 0.0869 e. The molecule has 0 aromatic heterocycles. The molecule has 1 atom stereocenters. The van der Waals surface area contributed by atoms with Crippen LogP contribution in [0.3, 0.4) is 0 Å². The Labute approximate surface area is 128 Å². The van der Waals surface area contributed by atoms with Gasteiger partial charge in [-0.2, -0.15) is 0 Å². The van der Waals surface area contributed by atoms with Gasteiger partial charge in [0, 0.05) is 21.5 Å². The van der Waals surface area contributed by atoms with Gasteiger partial charge in [0.05, 0.1) is 6.10 Å². The molecule has 0 saturated heterocycles. The Balaban J connectivity index is 2.33. The van der Waals surface area contributed by atoms with Gasteiger partial charge in [0.1, 0.15) is 0 Å². The average Bonchev–Trinajstić information content (AvgIpc) is 2.67. The van der Waals surface area contributed by atoms with Crippen LogP contribution in [0.5, 0.6) is 0 Å². The van der Waals surface area contributed by atoms with E-state index >= 15 is 0 Å². The highest BCUT2D eigenvalue weighted by Gasteiger charge is 2.38. The maximum absolute atomic E-state index is 10.9. The summed E-state index contributed by atoms with van der Waals surface area (Å²) in [6.07, 6.45) is 6.20. The Bertz CT molecular complexity index is 430. The van der Waals surface area contributed by atoms with E-state index in [1.54, 1.807) is 0 Å². The lowest BCUT2D eigenvalue weighted by atomic mass is 9.73. The van der Waals surface area contributed by atoms with Gasteiger partial charge in [-0.25, -0.2) is 0 Å². The fourth-order valence-corrected chi connectivity index (χ4v) is 3.72. The third-order valence-corrected chi connectivity index (χ3v) is 5.30. The Morgan fingerprint density at radius 1 is 1.26 bits per heavy atom. The highest BCUT2D eigenvalue weighted by Crippen LogP contribution is 2.46. The second-order valence-corrected chi connectivity index (χ2v) is 6.84. The summed E-state index contributed by atoms with van der Waals surface area (Å²) in [5.41, 5.74) is 6.68. The number of hydrogen-bond donors (Lipinski definition) is 2. The van der Waals surface area contributed by atoms with E-state index in [0.29, 0.717) is 11.6 Å². The van der Waals surface area contributed by atoms with Gasteiger partial charge < -0.3 is 10.8 Å². The molecule has 1 aromatic rings. The van der Waals surface area contributed by atoms with Crippen molar-refractivity contribution in [3.8, 4) is 0 Å². The van der Waals surface area contributed by atoms with E-state index < -0.39 is 6.10 Å². The van der Waals surface area contributed by atoms with Crippen LogP contribution in [0, 0.1) is 5.41 Å². The first-order chi connectivity index (χ1) is 9.09. The van der Waals surface area contributed by atoms with Gasteiger partial charge in [-0.1, -0.05) is 53.2 Å². The van der Waals surface area contributed by atoms with Gasteiger partial charge in [-0.15, -0.1) is 0 Å². The van der Waals surface area contributed by atoms with Gasteiger partial charge in [-0.05, 0) is 36.6 Å². The van der Waals surface area contributed by atoms with Gasteiger partial charge in [0.15, 0.2) is 0 Å². The van der Waals surface area contributed by atoms with E-state index in [4.69, 9.17) is 17.3 Å². The van der Waals surface area contributed by atoms with E-state index in [0.717, 1.165) is 35.7 Å². The molecule has 0 radical (unpaired) electrons. The molecule has 1 aliphatic carbocycles. The van der Waals surface area contributed by atoms with Crippen LogP contribution in [0.4, 0.5) is 0 Å². The van der Waals surface area contributed by atoms with Crippen molar-refractivity contribution in [1.29, 1.82) is 0 Å². The van der Waals surface area contributed by atoms with Crippen molar-refractivity contribution in [2.75, 3.05) is 6.54 Å². The number of benzene rings is 1. The lowest BCUT2D eigenvalue weighted by Crippen LogP contribution is -2.36. The quantitative estimate of drug-likeness (QED) is 0.795. The molecule has 0 amide bonds. The van der Waals surface area contributed by atoms with E-state index in [9.17, 15) is 5.11 Å². The van der Waals surface area contributed by atoms with E-state index in [2.05, 4.69) is 15.9 Å². The Hall–Kier alpha value is -0.0900. The van der Waals surface area contributed by atoms with E-state index in [-0.39, 0.29) is 5.41 Å². The second-order valence-electron chi connectivity index (χ2n) is 5.55. The fraction of sp³-hybridized carbons (Fsp3) is 0.600. The maximum Gasteiger partial charge on any atom is 0.0869 e. The summed E-state index contributed by atoms with van der Waals surface area (Å²) in [5.74, 6) is 0. The lowest BCUT2D eigenvalue weighted by molar-refractivity contribution is 0.0161. The molecule has 1 unspecified atom stereocenters. The molecule has 4 heteroatoms. The van der Waals surface area contributed by atoms with Crippen LogP contribution in [0.2, 0.25) is 5.02 Å². The van der Waals surface area contributed by atoms with Crippen LogP contribution in [0.1, 0.15) is 50.2 Å². The molecule has 2 rings (SSSR count). The molecule has 1 aliphatic rings. The molecule has 1 aromatic carbocycles. The minimum absolute atomic E-state index is 0.205. The number of hydrogen-bond acceptors (Lipinski definition) is 2. The van der Waals surface area contributed by atoms with Crippen molar-refractivity contribution < 1.29 is 5.11 Å². The molecule has 0 bridgehead atoms. The van der Waals surface area contributed by atoms with Gasteiger partial charge >= 0.3 is 0 Å². The minimum Gasteiger partial charge on any atom is -0.388 e. The Morgan fingerprint density at radius 2 is 1.89 bits per heavy atom. The van der Waals surface area contributed by atoms with Crippen LogP contribution >= 0.6 is 27.5 Å². The predicted octanol–water partition coefficient (Wildman–Crippen LogP) is 4.44. The van der Waals surface area contributed by atoms with Crippen molar-refractivity contribution in [3.05, 3.63) is 33.3 Å². The predicted molar refractivity (Wildman–Crippen MR) is 83.3 cm³/mol. The van der Waals surface area contributed by atoms with Crippen molar-refractivity contribution in [3.63, 3.8) is 0 Å². The second kappa shape index (κ2) is 6.57. The molecular weight excluding hydrogens is 326 g/mol. The molecule has 3 N–H and O–H groups in total. The summed E-state index contributed by atoms with van der Waals surface area (Å²) in [4.78, 5) is 0. The first kappa shape index (κ1) is 15.3. The number of aliphatic hydroxyl groups is 1. The molecule has 2 nitrogen and oxygen atoms in total. The summed E-state index contributed by atoms with van der Waals surface area (Å²) in [5, 5.41) is 11.5. The Morgan fingerprint density at radius 3 is 2.47 bits per heavy atom. The number of nitrogens with two attached hydrogens (primary N) is 1. The topological polar surface area (TPSA) is 46.2 Å². The van der Waals surface area contributed by atoms with Gasteiger partial charge in [-0.3, -0.25) is 0 Å². The zero-order chi connectivity index (χ0) is 13.9. The average molecular weight is 347 g/mol. The molecule has 1 fully saturated rings. The van der Waals surface area contributed by atoms with Crippen molar-refractivity contribution >= 4 is 27.5 Å². The van der Waals surface area contributed by atoms with Crippen molar-refractivity contribution in [2.45, 2.75) is 44.6 Å². The normalized spacial score (nSPS) is 20.8. The third-order valence-electron chi connectivity index (χ3n) is 4.34. The molecule has 19 heavy (non-hydrogen) atoms. The Kier molecular flexibility index (Phi) is 5.29. The zero-order valence-electron chi connectivity index (χ0n) is 11.0. The largest absolute Gasteiger partial charge is 0.388 e. The highest BCUT2D eigenvalue weighted by molar-refractivity contribution is 9.10. The standard InChI is InChI=1S/C15H21BrClNO/c16-13-6-5-11(17)9-12(13)14(19)15(10-18)7-3-1-2-4-8-15/h5-6,9,14,19H,1-4,7-8,10,18H2. The number of rotatable bonds is 3. The SMILES string of the molecule is NCC1(C(O)c2cc(Cl)ccc2Br)CCCCCC1. The van der Waals surface area contributed by atoms with Crippen molar-refractivity contribution in [2.24, 2.45) is 11.1 Å². The van der Waals surface area contributed by atoms with Crippen molar-refractivity contribution in [1.82, 2.24) is 0 Å². The van der Waals surface area contributed by atoms with Crippen LogP contribution in [-0.2, 0) is 0 Å². The molecule has 0 spiro atoms. The molecule has 0 heterocycles. The number of aliphatic hydroxyl groups excluding tert-OH is 1. The summed E-state index contributed by atoms with van der Waals surface area (Å²) >= 11 is 9.57. The van der Waals surface area contributed by atoms with E-state index in [1.165, 1.54) is 12.8 Å². The summed E-state index contributed by atoms with van der Waals surface area (Å²) in [6.45, 7) is 0.521. The third kappa shape index (κ3) is 3.33. The van der Waals surface area contributed by atoms with Crippen LogP contribution in [0.15, 0.2) is 22.7 Å². The monoisotopic (exact) mass is 345 g/mol. The zero-order valence-corrected chi connectivity index (χ0v) is 13.4. The summed E-state index contributed by atoms with van der Waals surface area (Å²) < 4.78 is 0.904. The highest BCUT2D eigenvalue weighted by atomic mass is 79.9. The lowest BCUT2D eigenvalue weighted by Gasteiger charge is -2.37. The minimum atomic E-state index is -0.552. The van der Waals surface area contributed by atoms with Gasteiger partial charge in [0.2, 0.25) is 0 Å². The van der Waals surface area contributed by atoms with Crippen LogP contribution in [-0.4, -0.2) is 11.7 Å². The first-order valence-electron chi connectivity index (χ1n) is 6.92. The summed E-state index contributed by atoms with van der Waals surface area (Å²) in [7, 11) is 0. The van der Waals surface area contributed by atoms with Crippen LogP contribution in [0.25, 0.3) is 0 Å². The maximum atomic E-state index is 10.9. The molecule has 1 saturated carbocycles. The van der Waals surface area contributed by atoms with Crippen LogP contribution < -0.4 is 5.73 Å². The molecule has 106 valence electrons. The number of halogens is 2.